The predicted molar refractivity (Wildman–Crippen MR) is 109 cm³/mol. The van der Waals surface area contributed by atoms with Crippen molar-refractivity contribution in [2.75, 3.05) is 5.32 Å². The molecule has 4 nitrogen and oxygen atoms in total. The molecule has 0 unspecified atom stereocenters. The third-order valence-corrected chi connectivity index (χ3v) is 5.07. The maximum atomic E-state index is 12.6. The van der Waals surface area contributed by atoms with Crippen LogP contribution >= 0.6 is 0 Å². The first-order valence-corrected chi connectivity index (χ1v) is 9.22. The van der Waals surface area contributed by atoms with Crippen molar-refractivity contribution in [1.29, 1.82) is 0 Å². The molecule has 0 spiro atoms. The molecule has 0 saturated carbocycles. The average molecular weight is 369 g/mol. The number of hydrogen-bond acceptors (Lipinski definition) is 3. The first-order chi connectivity index (χ1) is 13.6. The molecule has 0 aliphatic heterocycles. The van der Waals surface area contributed by atoms with E-state index in [0.29, 0.717) is 35.2 Å². The summed E-state index contributed by atoms with van der Waals surface area (Å²) in [6.07, 6.45) is 1.01. The lowest BCUT2D eigenvalue weighted by molar-refractivity contribution is 0.0992. The zero-order chi connectivity index (χ0) is 19.7. The summed E-state index contributed by atoms with van der Waals surface area (Å²) in [7, 11) is 0. The lowest BCUT2D eigenvalue weighted by atomic mass is 9.91. The molecular formula is C24H19NO3. The molecular weight excluding hydrogens is 350 g/mol. The van der Waals surface area contributed by atoms with E-state index in [-0.39, 0.29) is 17.5 Å². The van der Waals surface area contributed by atoms with Gasteiger partial charge in [0.2, 0.25) is 0 Å². The number of ketones is 2. The fraction of sp³-hybridized carbons (Fsp3) is 0.125. The highest BCUT2D eigenvalue weighted by atomic mass is 16.2. The normalized spacial score (nSPS) is 12.5. The third-order valence-electron chi connectivity index (χ3n) is 5.07. The van der Waals surface area contributed by atoms with Crippen LogP contribution in [0.4, 0.5) is 5.69 Å². The van der Waals surface area contributed by atoms with E-state index >= 15 is 0 Å². The molecule has 0 fully saturated rings. The quantitative estimate of drug-likeness (QED) is 0.663. The van der Waals surface area contributed by atoms with Gasteiger partial charge >= 0.3 is 0 Å². The van der Waals surface area contributed by atoms with Crippen molar-refractivity contribution >= 4 is 23.2 Å². The molecule has 4 rings (SSSR count). The van der Waals surface area contributed by atoms with E-state index in [4.69, 9.17) is 0 Å². The van der Waals surface area contributed by atoms with Crippen LogP contribution in [0.3, 0.4) is 0 Å². The van der Waals surface area contributed by atoms with Crippen LogP contribution in [0.1, 0.15) is 50.0 Å². The van der Waals surface area contributed by atoms with E-state index in [9.17, 15) is 14.4 Å². The smallest absolute Gasteiger partial charge is 0.255 e. The first kappa shape index (κ1) is 17.9. The minimum absolute atomic E-state index is 0.0144. The number of carbonyl (C=O) groups excluding carboxylic acids is 3. The Morgan fingerprint density at radius 2 is 1.54 bits per heavy atom. The number of rotatable bonds is 4. The van der Waals surface area contributed by atoms with Crippen LogP contribution < -0.4 is 5.32 Å². The summed E-state index contributed by atoms with van der Waals surface area (Å²) in [6.45, 7) is 1.54. The van der Waals surface area contributed by atoms with Crippen LogP contribution in [-0.4, -0.2) is 17.5 Å². The number of carbonyl (C=O) groups is 3. The maximum absolute atomic E-state index is 12.6. The van der Waals surface area contributed by atoms with Crippen molar-refractivity contribution in [2.24, 2.45) is 0 Å². The Morgan fingerprint density at radius 1 is 0.821 bits per heavy atom. The summed E-state index contributed by atoms with van der Waals surface area (Å²) in [6, 6.07) is 20.0. The molecule has 28 heavy (non-hydrogen) atoms. The van der Waals surface area contributed by atoms with Gasteiger partial charge in [0.1, 0.15) is 0 Å². The monoisotopic (exact) mass is 369 g/mol. The molecule has 0 saturated heterocycles. The van der Waals surface area contributed by atoms with E-state index < -0.39 is 0 Å². The van der Waals surface area contributed by atoms with Crippen LogP contribution in [0, 0.1) is 0 Å². The second-order valence-corrected chi connectivity index (χ2v) is 6.86. The summed E-state index contributed by atoms with van der Waals surface area (Å²) in [5.74, 6) is -0.255. The molecule has 0 bridgehead atoms. The molecule has 0 aromatic heterocycles. The van der Waals surface area contributed by atoms with E-state index in [1.165, 1.54) is 0 Å². The summed E-state index contributed by atoms with van der Waals surface area (Å²) in [4.78, 5) is 37.2. The summed E-state index contributed by atoms with van der Waals surface area (Å²) in [5.41, 5.74) is 4.84. The second kappa shape index (κ2) is 7.24. The van der Waals surface area contributed by atoms with Gasteiger partial charge in [-0.2, -0.15) is 0 Å². The summed E-state index contributed by atoms with van der Waals surface area (Å²) in [5, 5.41) is 2.88. The zero-order valence-corrected chi connectivity index (χ0v) is 15.5. The van der Waals surface area contributed by atoms with E-state index in [1.807, 2.05) is 30.3 Å². The van der Waals surface area contributed by atoms with Gasteiger partial charge in [-0.1, -0.05) is 48.5 Å². The molecule has 3 aromatic rings. The van der Waals surface area contributed by atoms with Gasteiger partial charge in [0.05, 0.1) is 5.69 Å². The molecule has 1 aliphatic rings. The highest BCUT2D eigenvalue weighted by Gasteiger charge is 2.28. The lowest BCUT2D eigenvalue weighted by Gasteiger charge is -2.15. The molecule has 0 radical (unpaired) electrons. The highest BCUT2D eigenvalue weighted by molar-refractivity contribution is 6.13. The second-order valence-electron chi connectivity index (χ2n) is 6.86. The van der Waals surface area contributed by atoms with Crippen LogP contribution in [0.15, 0.2) is 66.7 Å². The van der Waals surface area contributed by atoms with Gasteiger partial charge in [0, 0.05) is 23.1 Å². The van der Waals surface area contributed by atoms with E-state index in [2.05, 4.69) is 5.32 Å². The van der Waals surface area contributed by atoms with E-state index in [1.54, 1.807) is 43.3 Å². The number of hydrogen-bond donors (Lipinski definition) is 1. The molecule has 4 heteroatoms. The van der Waals surface area contributed by atoms with Crippen molar-refractivity contribution in [2.45, 2.75) is 19.8 Å². The number of fused-ring (bicyclic) bond motifs is 1. The largest absolute Gasteiger partial charge is 0.321 e. The Morgan fingerprint density at radius 3 is 2.29 bits per heavy atom. The van der Waals surface area contributed by atoms with Crippen molar-refractivity contribution < 1.29 is 14.4 Å². The molecule has 1 aliphatic carbocycles. The van der Waals surface area contributed by atoms with Crippen molar-refractivity contribution in [3.8, 4) is 11.1 Å². The third kappa shape index (κ3) is 3.14. The number of benzene rings is 3. The molecule has 0 atom stereocenters. The maximum Gasteiger partial charge on any atom is 0.255 e. The van der Waals surface area contributed by atoms with Gasteiger partial charge in [-0.05, 0) is 48.2 Å². The van der Waals surface area contributed by atoms with Crippen LogP contribution in [0.2, 0.25) is 0 Å². The Kier molecular flexibility index (Phi) is 4.62. The zero-order valence-electron chi connectivity index (χ0n) is 15.5. The predicted octanol–water partition coefficient (Wildman–Crippen LogP) is 4.94. The van der Waals surface area contributed by atoms with Crippen molar-refractivity contribution in [1.82, 2.24) is 0 Å². The highest BCUT2D eigenvalue weighted by Crippen LogP contribution is 2.38. The fourth-order valence-electron chi connectivity index (χ4n) is 3.76. The van der Waals surface area contributed by atoms with Gasteiger partial charge < -0.3 is 5.32 Å². The molecule has 1 N–H and O–H groups in total. The minimum Gasteiger partial charge on any atom is -0.321 e. The van der Waals surface area contributed by atoms with Crippen LogP contribution in [0.5, 0.6) is 0 Å². The molecule has 3 aromatic carbocycles. The molecule has 138 valence electrons. The van der Waals surface area contributed by atoms with Gasteiger partial charge in [0.25, 0.3) is 5.91 Å². The lowest BCUT2D eigenvalue weighted by Crippen LogP contribution is -2.14. The topological polar surface area (TPSA) is 63.2 Å². The van der Waals surface area contributed by atoms with Gasteiger partial charge in [-0.25, -0.2) is 0 Å². The standard InChI is InChI=1S/C24H19NO3/c1-15(26)17-9-5-6-10-18(17)19-11-13-21(23-20(19)12-14-22(23)27)25-24(28)16-7-3-2-4-8-16/h2-11,13H,12,14H2,1H3,(H,25,28). The SMILES string of the molecule is CC(=O)c1ccccc1-c1ccc(NC(=O)c2ccccc2)c2c1CCC2=O. The molecule has 0 heterocycles. The summed E-state index contributed by atoms with van der Waals surface area (Å²) < 4.78 is 0. The van der Waals surface area contributed by atoms with Crippen molar-refractivity contribution in [3.05, 3.63) is 89.0 Å². The van der Waals surface area contributed by atoms with E-state index in [0.717, 1.165) is 16.7 Å². The minimum atomic E-state index is -0.251. The first-order valence-electron chi connectivity index (χ1n) is 9.22. The number of amides is 1. The van der Waals surface area contributed by atoms with Gasteiger partial charge in [-0.15, -0.1) is 0 Å². The van der Waals surface area contributed by atoms with Crippen LogP contribution in [-0.2, 0) is 6.42 Å². The Bertz CT molecular complexity index is 1100. The number of nitrogens with one attached hydrogen (secondary N) is 1. The number of anilines is 1. The number of Topliss-reactive ketones (excluding diaryl/α,β-unsaturated/α-hetero) is 2. The summed E-state index contributed by atoms with van der Waals surface area (Å²) >= 11 is 0. The van der Waals surface area contributed by atoms with Gasteiger partial charge in [0.15, 0.2) is 11.6 Å². The Hall–Kier alpha value is -3.53. The molecule has 1 amide bonds. The van der Waals surface area contributed by atoms with Gasteiger partial charge in [-0.3, -0.25) is 14.4 Å². The van der Waals surface area contributed by atoms with Crippen LogP contribution in [0.25, 0.3) is 11.1 Å². The fourth-order valence-corrected chi connectivity index (χ4v) is 3.76. The Labute approximate surface area is 163 Å². The van der Waals surface area contributed by atoms with Crippen molar-refractivity contribution in [3.63, 3.8) is 0 Å². The Balaban J connectivity index is 1.79. The average Bonchev–Trinajstić information content (AvgIpc) is 3.11.